The smallest absolute Gasteiger partial charge is 0.358 e. The van der Waals surface area contributed by atoms with E-state index in [1.165, 1.54) is 13.0 Å². The molecule has 8 heteroatoms. The van der Waals surface area contributed by atoms with Crippen molar-refractivity contribution in [2.45, 2.75) is 6.92 Å². The summed E-state index contributed by atoms with van der Waals surface area (Å²) in [6.45, 7) is 1.35. The Bertz CT molecular complexity index is 781. The highest BCUT2D eigenvalue weighted by atomic mass is 35.5. The summed E-state index contributed by atoms with van der Waals surface area (Å²) in [4.78, 5) is 15.2. The zero-order chi connectivity index (χ0) is 16.6. The third-order valence-corrected chi connectivity index (χ3v) is 3.40. The average molecular weight is 331 g/mol. The van der Waals surface area contributed by atoms with Gasteiger partial charge in [-0.05, 0) is 18.6 Å². The molecule has 2 aromatic rings. The number of esters is 1. The summed E-state index contributed by atoms with van der Waals surface area (Å²) in [6.07, 6.45) is 0. The Labute approximate surface area is 128 Å². The maximum atomic E-state index is 14.2. The maximum absolute atomic E-state index is 14.2. The Morgan fingerprint density at radius 2 is 1.86 bits per heavy atom. The van der Waals surface area contributed by atoms with Crippen LogP contribution in [-0.4, -0.2) is 18.1 Å². The topological polar surface area (TPSA) is 65.2 Å². The molecule has 22 heavy (non-hydrogen) atoms. The molecule has 0 bridgehead atoms. The summed E-state index contributed by atoms with van der Waals surface area (Å²) in [5, 5.41) is -0.457. The lowest BCUT2D eigenvalue weighted by atomic mass is 10.1. The van der Waals surface area contributed by atoms with Crippen LogP contribution in [0.25, 0.3) is 11.3 Å². The number of aromatic nitrogens is 1. The van der Waals surface area contributed by atoms with Crippen molar-refractivity contribution in [3.05, 3.63) is 45.9 Å². The lowest BCUT2D eigenvalue weighted by molar-refractivity contribution is 0.0594. The van der Waals surface area contributed by atoms with Gasteiger partial charge >= 0.3 is 5.97 Å². The number of hydrogen-bond acceptors (Lipinski definition) is 4. The highest BCUT2D eigenvalue weighted by molar-refractivity contribution is 6.35. The van der Waals surface area contributed by atoms with Gasteiger partial charge in [0.15, 0.2) is 23.1 Å². The van der Waals surface area contributed by atoms with Gasteiger partial charge < -0.3 is 10.5 Å². The molecule has 0 saturated carbocycles. The second kappa shape index (κ2) is 5.84. The van der Waals surface area contributed by atoms with Gasteiger partial charge in [-0.3, -0.25) is 0 Å². The SMILES string of the molecule is COC(=O)c1nc(-c2ccc(C)c(F)c2F)c(F)c(N)c1Cl. The van der Waals surface area contributed by atoms with Crippen LogP contribution in [0.2, 0.25) is 5.02 Å². The first-order valence-electron chi connectivity index (χ1n) is 5.97. The summed E-state index contributed by atoms with van der Waals surface area (Å²) in [7, 11) is 1.06. The lowest BCUT2D eigenvalue weighted by Crippen LogP contribution is -2.11. The monoisotopic (exact) mass is 330 g/mol. The predicted molar refractivity (Wildman–Crippen MR) is 75.0 cm³/mol. The number of ether oxygens (including phenoxy) is 1. The molecule has 0 aliphatic heterocycles. The molecule has 116 valence electrons. The van der Waals surface area contributed by atoms with Crippen LogP contribution < -0.4 is 5.73 Å². The van der Waals surface area contributed by atoms with Crippen LogP contribution in [0.3, 0.4) is 0 Å². The van der Waals surface area contributed by atoms with Crippen molar-refractivity contribution >= 4 is 23.3 Å². The molecular formula is C14H10ClF3N2O2. The summed E-state index contributed by atoms with van der Waals surface area (Å²) in [5.74, 6) is -4.58. The second-order valence-electron chi connectivity index (χ2n) is 4.40. The van der Waals surface area contributed by atoms with Crippen molar-refractivity contribution in [1.29, 1.82) is 0 Å². The van der Waals surface area contributed by atoms with Gasteiger partial charge in [0.2, 0.25) is 0 Å². The van der Waals surface area contributed by atoms with Gasteiger partial charge in [0.05, 0.1) is 17.8 Å². The molecule has 1 heterocycles. The molecule has 0 amide bonds. The van der Waals surface area contributed by atoms with E-state index in [4.69, 9.17) is 17.3 Å². The molecule has 2 N–H and O–H groups in total. The van der Waals surface area contributed by atoms with E-state index in [0.717, 1.165) is 13.2 Å². The number of rotatable bonds is 2. The largest absolute Gasteiger partial charge is 0.464 e. The number of aryl methyl sites for hydroxylation is 1. The quantitative estimate of drug-likeness (QED) is 0.856. The van der Waals surface area contributed by atoms with E-state index >= 15 is 0 Å². The number of pyridine rings is 1. The molecule has 0 saturated heterocycles. The van der Waals surface area contributed by atoms with Crippen molar-refractivity contribution in [2.75, 3.05) is 12.8 Å². The molecule has 0 aliphatic carbocycles. The van der Waals surface area contributed by atoms with Crippen LogP contribution in [0.1, 0.15) is 16.1 Å². The van der Waals surface area contributed by atoms with Crippen LogP contribution in [-0.2, 0) is 4.74 Å². The lowest BCUT2D eigenvalue weighted by Gasteiger charge is -2.11. The molecule has 4 nitrogen and oxygen atoms in total. The first kappa shape index (κ1) is 16.1. The summed E-state index contributed by atoms with van der Waals surface area (Å²) >= 11 is 5.73. The number of nitrogens with two attached hydrogens (primary N) is 1. The fourth-order valence-corrected chi connectivity index (χ4v) is 2.00. The number of halogens is 4. The Kier molecular flexibility index (Phi) is 4.27. The number of methoxy groups -OCH3 is 1. The molecular weight excluding hydrogens is 321 g/mol. The van der Waals surface area contributed by atoms with E-state index in [1.54, 1.807) is 0 Å². The van der Waals surface area contributed by atoms with Gasteiger partial charge in [-0.15, -0.1) is 0 Å². The van der Waals surface area contributed by atoms with Crippen LogP contribution >= 0.6 is 11.6 Å². The summed E-state index contributed by atoms with van der Waals surface area (Å²) in [6, 6.07) is 2.38. The van der Waals surface area contributed by atoms with Gasteiger partial charge in [-0.1, -0.05) is 17.7 Å². The number of carbonyl (C=O) groups is 1. The molecule has 1 aromatic heterocycles. The molecule has 0 fully saturated rings. The molecule has 0 unspecified atom stereocenters. The number of carbonyl (C=O) groups excluding carboxylic acids is 1. The Morgan fingerprint density at radius 3 is 2.45 bits per heavy atom. The maximum Gasteiger partial charge on any atom is 0.358 e. The first-order valence-corrected chi connectivity index (χ1v) is 6.35. The minimum atomic E-state index is -1.30. The van der Waals surface area contributed by atoms with E-state index in [2.05, 4.69) is 9.72 Å². The third kappa shape index (κ3) is 2.48. The van der Waals surface area contributed by atoms with Crippen molar-refractivity contribution in [2.24, 2.45) is 0 Å². The van der Waals surface area contributed by atoms with Crippen LogP contribution in [0, 0.1) is 24.4 Å². The van der Waals surface area contributed by atoms with Crippen molar-refractivity contribution in [3.63, 3.8) is 0 Å². The van der Waals surface area contributed by atoms with Gasteiger partial charge in [-0.25, -0.2) is 22.9 Å². The number of anilines is 1. The number of hydrogen-bond donors (Lipinski definition) is 1. The molecule has 0 spiro atoms. The third-order valence-electron chi connectivity index (χ3n) is 3.02. The normalized spacial score (nSPS) is 10.6. The van der Waals surface area contributed by atoms with Crippen molar-refractivity contribution in [3.8, 4) is 11.3 Å². The summed E-state index contributed by atoms with van der Waals surface area (Å²) < 4.78 is 46.3. The minimum Gasteiger partial charge on any atom is -0.464 e. The number of nitrogens with zero attached hydrogens (tertiary/aromatic N) is 1. The second-order valence-corrected chi connectivity index (χ2v) is 4.78. The zero-order valence-electron chi connectivity index (χ0n) is 11.5. The minimum absolute atomic E-state index is 0.0387. The fraction of sp³-hybridized carbons (Fsp3) is 0.143. The van der Waals surface area contributed by atoms with E-state index in [9.17, 15) is 18.0 Å². The summed E-state index contributed by atoms with van der Waals surface area (Å²) in [5.41, 5.74) is 3.30. The van der Waals surface area contributed by atoms with E-state index in [1.807, 2.05) is 0 Å². The van der Waals surface area contributed by atoms with E-state index in [0.29, 0.717) is 0 Å². The van der Waals surface area contributed by atoms with Crippen LogP contribution in [0.15, 0.2) is 12.1 Å². The Balaban J connectivity index is 2.79. The highest BCUT2D eigenvalue weighted by Crippen LogP contribution is 2.34. The molecule has 0 radical (unpaired) electrons. The average Bonchev–Trinajstić information content (AvgIpc) is 2.51. The number of benzene rings is 1. The van der Waals surface area contributed by atoms with Gasteiger partial charge in [0, 0.05) is 5.56 Å². The zero-order valence-corrected chi connectivity index (χ0v) is 12.3. The fourth-order valence-electron chi connectivity index (χ4n) is 1.80. The molecule has 0 aliphatic rings. The van der Waals surface area contributed by atoms with Crippen molar-refractivity contribution in [1.82, 2.24) is 4.98 Å². The highest BCUT2D eigenvalue weighted by Gasteiger charge is 2.25. The standard InChI is InChI=1S/C14H10ClF3N2O2/c1-5-3-4-6(9(17)8(5)16)12-10(18)11(19)7(15)13(20-12)14(21)22-2/h3-4H,1-2H3,(H2,19,20). The van der Waals surface area contributed by atoms with Crippen LogP contribution in [0.4, 0.5) is 18.9 Å². The van der Waals surface area contributed by atoms with Gasteiger partial charge in [0.25, 0.3) is 0 Å². The number of nitrogen functional groups attached to an aromatic ring is 1. The molecule has 1 aromatic carbocycles. The van der Waals surface area contributed by atoms with Crippen LogP contribution in [0.5, 0.6) is 0 Å². The Hall–Kier alpha value is -2.28. The molecule has 0 atom stereocenters. The Morgan fingerprint density at radius 1 is 1.23 bits per heavy atom. The van der Waals surface area contributed by atoms with E-state index < -0.39 is 51.1 Å². The van der Waals surface area contributed by atoms with Gasteiger partial charge in [-0.2, -0.15) is 0 Å². The first-order chi connectivity index (χ1) is 10.3. The van der Waals surface area contributed by atoms with E-state index in [-0.39, 0.29) is 5.56 Å². The molecule has 2 rings (SSSR count). The predicted octanol–water partition coefficient (Wildman–Crippen LogP) is 3.50. The van der Waals surface area contributed by atoms with Crippen molar-refractivity contribution < 1.29 is 22.7 Å². The van der Waals surface area contributed by atoms with Gasteiger partial charge in [0.1, 0.15) is 5.69 Å².